The average molecular weight is 384 g/mol. The van der Waals surface area contributed by atoms with Gasteiger partial charge in [0.2, 0.25) is 11.8 Å². The highest BCUT2D eigenvalue weighted by atomic mass is 19.1. The lowest BCUT2D eigenvalue weighted by molar-refractivity contribution is -0.128. The number of benzene rings is 2. The minimum Gasteiger partial charge on any atom is -0.478 e. The molecule has 1 saturated heterocycles. The Kier molecular flexibility index (Phi) is 5.73. The Labute approximate surface area is 162 Å². The largest absolute Gasteiger partial charge is 0.478 e. The van der Waals surface area contributed by atoms with Gasteiger partial charge in [0, 0.05) is 20.0 Å². The molecule has 1 aliphatic heterocycles. The number of carboxylic acid groups (broad SMARTS) is 1. The van der Waals surface area contributed by atoms with Crippen LogP contribution in [0.15, 0.2) is 48.5 Å². The molecule has 2 amide bonds. The van der Waals surface area contributed by atoms with Gasteiger partial charge in [-0.2, -0.15) is 0 Å². The molecule has 2 unspecified atom stereocenters. The highest BCUT2D eigenvalue weighted by Crippen LogP contribution is 2.37. The molecule has 2 aromatic carbocycles. The van der Waals surface area contributed by atoms with Gasteiger partial charge in [-0.25, -0.2) is 9.18 Å². The molecule has 28 heavy (non-hydrogen) atoms. The second-order valence-electron chi connectivity index (χ2n) is 6.86. The summed E-state index contributed by atoms with van der Waals surface area (Å²) in [6, 6.07) is 11.9. The van der Waals surface area contributed by atoms with E-state index in [0.29, 0.717) is 18.5 Å². The quantitative estimate of drug-likeness (QED) is 0.801. The molecule has 0 saturated carbocycles. The minimum absolute atomic E-state index is 0.0961. The summed E-state index contributed by atoms with van der Waals surface area (Å²) >= 11 is 0. The molecule has 0 spiro atoms. The third-order valence-corrected chi connectivity index (χ3v) is 5.02. The van der Waals surface area contributed by atoms with Crippen LogP contribution in [0.2, 0.25) is 0 Å². The third-order valence-electron chi connectivity index (χ3n) is 5.02. The van der Waals surface area contributed by atoms with Gasteiger partial charge in [0.05, 0.1) is 17.5 Å². The Bertz CT molecular complexity index is 898. The molecule has 0 radical (unpaired) electrons. The van der Waals surface area contributed by atoms with Crippen LogP contribution in [0.4, 0.5) is 4.39 Å². The van der Waals surface area contributed by atoms with Crippen LogP contribution in [-0.2, 0) is 16.0 Å². The number of carbonyl (C=O) groups excluding carboxylic acids is 2. The first-order valence-corrected chi connectivity index (χ1v) is 8.98. The molecular formula is C21H21FN2O4. The van der Waals surface area contributed by atoms with Gasteiger partial charge in [-0.1, -0.05) is 24.3 Å². The maximum Gasteiger partial charge on any atom is 0.335 e. The number of likely N-dealkylation sites (tertiary alicyclic amines) is 1. The van der Waals surface area contributed by atoms with Crippen molar-refractivity contribution in [2.75, 3.05) is 13.6 Å². The maximum absolute atomic E-state index is 13.2. The predicted molar refractivity (Wildman–Crippen MR) is 100 cm³/mol. The van der Waals surface area contributed by atoms with E-state index in [1.54, 1.807) is 37.4 Å². The normalized spacial score (nSPS) is 18.9. The number of amides is 2. The van der Waals surface area contributed by atoms with E-state index in [1.165, 1.54) is 23.1 Å². The monoisotopic (exact) mass is 384 g/mol. The van der Waals surface area contributed by atoms with Crippen molar-refractivity contribution in [2.24, 2.45) is 5.92 Å². The summed E-state index contributed by atoms with van der Waals surface area (Å²) in [6.45, 7) is 0.326. The van der Waals surface area contributed by atoms with E-state index in [0.717, 1.165) is 5.56 Å². The fourth-order valence-electron chi connectivity index (χ4n) is 3.54. The molecule has 0 bridgehead atoms. The summed E-state index contributed by atoms with van der Waals surface area (Å²) in [7, 11) is 1.64. The molecule has 7 heteroatoms. The SMILES string of the molecule is CN1C(=O)CC(C(=O)NCCc2cccc(C(=O)O)c2)C1c1ccc(F)cc1. The summed E-state index contributed by atoms with van der Waals surface area (Å²) in [5.41, 5.74) is 1.71. The molecule has 3 rings (SSSR count). The van der Waals surface area contributed by atoms with Crippen molar-refractivity contribution >= 4 is 17.8 Å². The smallest absolute Gasteiger partial charge is 0.335 e. The molecule has 2 aromatic rings. The van der Waals surface area contributed by atoms with Crippen LogP contribution in [0.1, 0.15) is 33.9 Å². The van der Waals surface area contributed by atoms with Crippen molar-refractivity contribution in [2.45, 2.75) is 18.9 Å². The van der Waals surface area contributed by atoms with Crippen LogP contribution in [0.25, 0.3) is 0 Å². The van der Waals surface area contributed by atoms with Gasteiger partial charge < -0.3 is 15.3 Å². The number of halogens is 1. The summed E-state index contributed by atoms with van der Waals surface area (Å²) in [5, 5.41) is 11.9. The van der Waals surface area contributed by atoms with Crippen molar-refractivity contribution in [1.29, 1.82) is 0 Å². The molecule has 0 aromatic heterocycles. The Balaban J connectivity index is 1.65. The lowest BCUT2D eigenvalue weighted by atomic mass is 9.93. The number of hydrogen-bond acceptors (Lipinski definition) is 3. The summed E-state index contributed by atoms with van der Waals surface area (Å²) in [4.78, 5) is 37.4. The Morgan fingerprint density at radius 3 is 2.61 bits per heavy atom. The minimum atomic E-state index is -1.000. The summed E-state index contributed by atoms with van der Waals surface area (Å²) in [5.74, 6) is -2.32. The number of hydrogen-bond donors (Lipinski definition) is 2. The van der Waals surface area contributed by atoms with Gasteiger partial charge in [0.1, 0.15) is 5.82 Å². The van der Waals surface area contributed by atoms with Crippen LogP contribution in [0.5, 0.6) is 0 Å². The van der Waals surface area contributed by atoms with Gasteiger partial charge >= 0.3 is 5.97 Å². The van der Waals surface area contributed by atoms with Crippen molar-refractivity contribution < 1.29 is 23.9 Å². The fourth-order valence-corrected chi connectivity index (χ4v) is 3.54. The van der Waals surface area contributed by atoms with Crippen molar-refractivity contribution in [3.8, 4) is 0 Å². The second-order valence-corrected chi connectivity index (χ2v) is 6.86. The molecule has 2 N–H and O–H groups in total. The molecule has 1 heterocycles. The highest BCUT2D eigenvalue weighted by Gasteiger charge is 2.42. The first kappa shape index (κ1) is 19.5. The van der Waals surface area contributed by atoms with Gasteiger partial charge in [0.15, 0.2) is 0 Å². The molecule has 2 atom stereocenters. The Morgan fingerprint density at radius 2 is 1.93 bits per heavy atom. The lowest BCUT2D eigenvalue weighted by Crippen LogP contribution is -2.35. The Morgan fingerprint density at radius 1 is 1.21 bits per heavy atom. The molecule has 1 aliphatic rings. The molecule has 0 aliphatic carbocycles. The summed E-state index contributed by atoms with van der Waals surface area (Å²) < 4.78 is 13.2. The Hall–Kier alpha value is -3.22. The number of rotatable bonds is 6. The fraction of sp³-hybridized carbons (Fsp3) is 0.286. The molecular weight excluding hydrogens is 363 g/mol. The third kappa shape index (κ3) is 4.19. The van der Waals surface area contributed by atoms with E-state index in [-0.39, 0.29) is 29.6 Å². The van der Waals surface area contributed by atoms with Crippen molar-refractivity contribution in [1.82, 2.24) is 10.2 Å². The van der Waals surface area contributed by atoms with Crippen molar-refractivity contribution in [3.05, 3.63) is 71.0 Å². The second kappa shape index (κ2) is 8.21. The van der Waals surface area contributed by atoms with Crippen LogP contribution in [0, 0.1) is 11.7 Å². The lowest BCUT2D eigenvalue weighted by Gasteiger charge is -2.25. The number of carboxylic acids is 1. The van der Waals surface area contributed by atoms with Crippen LogP contribution < -0.4 is 5.32 Å². The van der Waals surface area contributed by atoms with Gasteiger partial charge in [-0.05, 0) is 41.8 Å². The van der Waals surface area contributed by atoms with E-state index in [1.807, 2.05) is 0 Å². The number of nitrogens with zero attached hydrogens (tertiary/aromatic N) is 1. The van der Waals surface area contributed by atoms with Crippen LogP contribution >= 0.6 is 0 Å². The molecule has 146 valence electrons. The topological polar surface area (TPSA) is 86.7 Å². The standard InChI is InChI=1S/C21H21FN2O4/c1-24-18(25)12-17(19(24)14-5-7-16(22)8-6-14)20(26)23-10-9-13-3-2-4-15(11-13)21(27)28/h2-8,11,17,19H,9-10,12H2,1H3,(H,23,26)(H,27,28). The van der Waals surface area contributed by atoms with E-state index >= 15 is 0 Å². The number of aromatic carboxylic acids is 1. The first-order valence-electron chi connectivity index (χ1n) is 8.98. The summed E-state index contributed by atoms with van der Waals surface area (Å²) in [6.07, 6.45) is 0.573. The van der Waals surface area contributed by atoms with E-state index in [9.17, 15) is 18.8 Å². The molecule has 6 nitrogen and oxygen atoms in total. The number of nitrogens with one attached hydrogen (secondary N) is 1. The van der Waals surface area contributed by atoms with E-state index in [2.05, 4.69) is 5.32 Å². The van der Waals surface area contributed by atoms with Crippen LogP contribution in [0.3, 0.4) is 0 Å². The first-order chi connectivity index (χ1) is 13.4. The van der Waals surface area contributed by atoms with Crippen LogP contribution in [-0.4, -0.2) is 41.4 Å². The van der Waals surface area contributed by atoms with E-state index < -0.39 is 17.9 Å². The van der Waals surface area contributed by atoms with E-state index in [4.69, 9.17) is 5.11 Å². The molecule has 1 fully saturated rings. The van der Waals surface area contributed by atoms with Crippen molar-refractivity contribution in [3.63, 3.8) is 0 Å². The zero-order valence-electron chi connectivity index (χ0n) is 15.4. The predicted octanol–water partition coefficient (Wildman–Crippen LogP) is 2.40. The van der Waals surface area contributed by atoms with Gasteiger partial charge in [0.25, 0.3) is 0 Å². The zero-order chi connectivity index (χ0) is 20.3. The number of carbonyl (C=O) groups is 3. The maximum atomic E-state index is 13.2. The zero-order valence-corrected chi connectivity index (χ0v) is 15.4. The van der Waals surface area contributed by atoms with Gasteiger partial charge in [-0.15, -0.1) is 0 Å². The van der Waals surface area contributed by atoms with Gasteiger partial charge in [-0.3, -0.25) is 9.59 Å². The average Bonchev–Trinajstić information content (AvgIpc) is 2.97. The highest BCUT2D eigenvalue weighted by molar-refractivity contribution is 5.90.